The van der Waals surface area contributed by atoms with Gasteiger partial charge in [-0.25, -0.2) is 8.42 Å². The summed E-state index contributed by atoms with van der Waals surface area (Å²) in [6.07, 6.45) is 0. The van der Waals surface area contributed by atoms with Crippen LogP contribution < -0.4 is 5.73 Å². The standard InChI is InChI=1S/C12H20N2O2S2/c1-9-8-18(15,16)4-3-14(9)7-11-5-12(6-13)17-10(11)2/h5,9H,3-4,6-8,13H2,1-2H3. The Bertz CT molecular complexity index is 522. The molecule has 2 N–H and O–H groups in total. The van der Waals surface area contributed by atoms with Gasteiger partial charge in [-0.05, 0) is 25.5 Å². The highest BCUT2D eigenvalue weighted by Crippen LogP contribution is 2.24. The van der Waals surface area contributed by atoms with Crippen LogP contribution in [0.25, 0.3) is 0 Å². The van der Waals surface area contributed by atoms with Crippen molar-refractivity contribution in [3.63, 3.8) is 0 Å². The minimum Gasteiger partial charge on any atom is -0.326 e. The van der Waals surface area contributed by atoms with Crippen LogP contribution in [-0.4, -0.2) is 37.4 Å². The molecule has 1 fully saturated rings. The second-order valence-corrected chi connectivity index (χ2v) is 8.50. The van der Waals surface area contributed by atoms with Crippen LogP contribution in [0.3, 0.4) is 0 Å². The predicted molar refractivity (Wildman–Crippen MR) is 75.5 cm³/mol. The van der Waals surface area contributed by atoms with E-state index in [0.29, 0.717) is 13.1 Å². The zero-order valence-electron chi connectivity index (χ0n) is 10.8. The van der Waals surface area contributed by atoms with Gasteiger partial charge in [-0.3, -0.25) is 4.90 Å². The average molecular weight is 288 g/mol. The van der Waals surface area contributed by atoms with Crippen LogP contribution in [0.1, 0.15) is 22.2 Å². The van der Waals surface area contributed by atoms with Gasteiger partial charge in [0.1, 0.15) is 0 Å². The quantitative estimate of drug-likeness (QED) is 0.906. The maximum absolute atomic E-state index is 11.5. The van der Waals surface area contributed by atoms with Gasteiger partial charge < -0.3 is 5.73 Å². The van der Waals surface area contributed by atoms with Gasteiger partial charge >= 0.3 is 0 Å². The molecule has 0 saturated carbocycles. The van der Waals surface area contributed by atoms with Crippen molar-refractivity contribution in [3.05, 3.63) is 21.4 Å². The van der Waals surface area contributed by atoms with Crippen molar-refractivity contribution >= 4 is 21.2 Å². The molecule has 1 aromatic heterocycles. The number of aryl methyl sites for hydroxylation is 1. The van der Waals surface area contributed by atoms with Crippen molar-refractivity contribution in [3.8, 4) is 0 Å². The van der Waals surface area contributed by atoms with Gasteiger partial charge in [0.15, 0.2) is 9.84 Å². The van der Waals surface area contributed by atoms with Crippen LogP contribution in [0.2, 0.25) is 0 Å². The summed E-state index contributed by atoms with van der Waals surface area (Å²) in [4.78, 5) is 4.73. The van der Waals surface area contributed by atoms with Crippen molar-refractivity contribution in [2.45, 2.75) is 33.0 Å². The van der Waals surface area contributed by atoms with E-state index >= 15 is 0 Å². The Morgan fingerprint density at radius 3 is 2.83 bits per heavy atom. The van der Waals surface area contributed by atoms with Gasteiger partial charge in [0.05, 0.1) is 11.5 Å². The molecular weight excluding hydrogens is 268 g/mol. The fourth-order valence-corrected chi connectivity index (χ4v) is 4.89. The Morgan fingerprint density at radius 2 is 2.28 bits per heavy atom. The van der Waals surface area contributed by atoms with E-state index in [0.717, 1.165) is 6.54 Å². The third-order valence-corrected chi connectivity index (χ3v) is 6.36. The monoisotopic (exact) mass is 288 g/mol. The highest BCUT2D eigenvalue weighted by molar-refractivity contribution is 7.91. The number of hydrogen-bond donors (Lipinski definition) is 1. The molecule has 0 radical (unpaired) electrons. The molecule has 1 unspecified atom stereocenters. The fraction of sp³-hybridized carbons (Fsp3) is 0.667. The first-order valence-electron chi connectivity index (χ1n) is 6.14. The van der Waals surface area contributed by atoms with E-state index in [4.69, 9.17) is 5.73 Å². The third kappa shape index (κ3) is 3.12. The Labute approximate surface area is 113 Å². The van der Waals surface area contributed by atoms with E-state index in [1.165, 1.54) is 15.3 Å². The summed E-state index contributed by atoms with van der Waals surface area (Å²) in [7, 11) is -2.83. The number of rotatable bonds is 3. The van der Waals surface area contributed by atoms with Gasteiger partial charge in [0, 0.05) is 35.4 Å². The largest absolute Gasteiger partial charge is 0.326 e. The van der Waals surface area contributed by atoms with E-state index in [9.17, 15) is 8.42 Å². The second kappa shape index (κ2) is 5.28. The van der Waals surface area contributed by atoms with Crippen LogP contribution in [0.4, 0.5) is 0 Å². The molecule has 0 aromatic carbocycles. The fourth-order valence-electron chi connectivity index (χ4n) is 2.33. The summed E-state index contributed by atoms with van der Waals surface area (Å²) >= 11 is 1.73. The minimum absolute atomic E-state index is 0.101. The maximum atomic E-state index is 11.5. The van der Waals surface area contributed by atoms with Crippen LogP contribution in [-0.2, 0) is 22.9 Å². The second-order valence-electron chi connectivity index (χ2n) is 4.93. The molecule has 1 aromatic rings. The summed E-state index contributed by atoms with van der Waals surface area (Å²) in [6, 6.07) is 2.25. The highest BCUT2D eigenvalue weighted by Gasteiger charge is 2.28. The lowest BCUT2D eigenvalue weighted by Crippen LogP contribution is -2.46. The van der Waals surface area contributed by atoms with Gasteiger partial charge in [-0.1, -0.05) is 0 Å². The number of hydrogen-bond acceptors (Lipinski definition) is 5. The van der Waals surface area contributed by atoms with Crippen molar-refractivity contribution in [2.75, 3.05) is 18.1 Å². The van der Waals surface area contributed by atoms with E-state index < -0.39 is 9.84 Å². The molecule has 0 aliphatic carbocycles. The van der Waals surface area contributed by atoms with Crippen LogP contribution in [0.15, 0.2) is 6.07 Å². The first-order valence-corrected chi connectivity index (χ1v) is 8.78. The summed E-state index contributed by atoms with van der Waals surface area (Å²) in [5, 5.41) is 0. The summed E-state index contributed by atoms with van der Waals surface area (Å²) in [5.41, 5.74) is 6.93. The molecule has 0 bridgehead atoms. The predicted octanol–water partition coefficient (Wildman–Crippen LogP) is 1.13. The molecule has 102 valence electrons. The maximum Gasteiger partial charge on any atom is 0.153 e. The van der Waals surface area contributed by atoms with E-state index in [2.05, 4.69) is 17.9 Å². The number of thiophene rings is 1. The molecule has 2 rings (SSSR count). The first kappa shape index (κ1) is 14.0. The molecule has 0 spiro atoms. The van der Waals surface area contributed by atoms with Crippen LogP contribution in [0.5, 0.6) is 0 Å². The van der Waals surface area contributed by atoms with Gasteiger partial charge in [-0.15, -0.1) is 11.3 Å². The topological polar surface area (TPSA) is 63.4 Å². The van der Waals surface area contributed by atoms with Gasteiger partial charge in [0.2, 0.25) is 0 Å². The third-order valence-electron chi connectivity index (χ3n) is 3.45. The summed E-state index contributed by atoms with van der Waals surface area (Å²) in [5.74, 6) is 0.560. The lowest BCUT2D eigenvalue weighted by molar-refractivity contribution is 0.218. The number of nitrogens with two attached hydrogens (primary N) is 1. The van der Waals surface area contributed by atoms with Crippen LogP contribution >= 0.6 is 11.3 Å². The first-order chi connectivity index (χ1) is 8.41. The summed E-state index contributed by atoms with van der Waals surface area (Å²) < 4.78 is 23.1. The molecule has 6 heteroatoms. The molecule has 2 heterocycles. The number of nitrogens with zero attached hydrogens (tertiary/aromatic N) is 1. The summed E-state index contributed by atoms with van der Waals surface area (Å²) in [6.45, 7) is 6.14. The molecule has 0 amide bonds. The molecule has 1 aliphatic heterocycles. The Hall–Kier alpha value is -0.430. The normalized spacial score (nSPS) is 24.3. The van der Waals surface area contributed by atoms with Crippen LogP contribution in [0, 0.1) is 6.92 Å². The lowest BCUT2D eigenvalue weighted by Gasteiger charge is -2.33. The molecule has 4 nitrogen and oxygen atoms in total. The smallest absolute Gasteiger partial charge is 0.153 e. The molecule has 18 heavy (non-hydrogen) atoms. The van der Waals surface area contributed by atoms with E-state index in [-0.39, 0.29) is 17.5 Å². The number of sulfone groups is 1. The van der Waals surface area contributed by atoms with Crippen molar-refractivity contribution in [2.24, 2.45) is 5.73 Å². The van der Waals surface area contributed by atoms with Crippen molar-refractivity contribution in [1.29, 1.82) is 0 Å². The SMILES string of the molecule is Cc1sc(CN)cc1CN1CCS(=O)(=O)CC1C. The average Bonchev–Trinajstić information content (AvgIpc) is 2.63. The van der Waals surface area contributed by atoms with Crippen molar-refractivity contribution in [1.82, 2.24) is 4.90 Å². The van der Waals surface area contributed by atoms with Gasteiger partial charge in [-0.2, -0.15) is 0 Å². The highest BCUT2D eigenvalue weighted by atomic mass is 32.2. The molecule has 1 aliphatic rings. The van der Waals surface area contributed by atoms with E-state index in [1.54, 1.807) is 11.3 Å². The molecule has 1 saturated heterocycles. The van der Waals surface area contributed by atoms with Gasteiger partial charge in [0.25, 0.3) is 0 Å². The minimum atomic E-state index is -2.83. The Kier molecular flexibility index (Phi) is 4.11. The molecular formula is C12H20N2O2S2. The van der Waals surface area contributed by atoms with E-state index in [1.807, 2.05) is 6.92 Å². The Balaban J connectivity index is 2.07. The zero-order chi connectivity index (χ0) is 13.3. The Morgan fingerprint density at radius 1 is 1.56 bits per heavy atom. The molecule has 1 atom stereocenters. The van der Waals surface area contributed by atoms with Crippen molar-refractivity contribution < 1.29 is 8.42 Å². The lowest BCUT2D eigenvalue weighted by atomic mass is 10.2. The zero-order valence-corrected chi connectivity index (χ0v) is 12.5.